The van der Waals surface area contributed by atoms with E-state index >= 15 is 0 Å². The smallest absolute Gasteiger partial charge is 0.387 e. The monoisotopic (exact) mass is 341 g/mol. The van der Waals surface area contributed by atoms with Gasteiger partial charge in [-0.05, 0) is 37.0 Å². The summed E-state index contributed by atoms with van der Waals surface area (Å²) in [6, 6.07) is 6.10. The van der Waals surface area contributed by atoms with Gasteiger partial charge in [0.1, 0.15) is 5.75 Å². The number of hydrogen-bond acceptors (Lipinski definition) is 3. The van der Waals surface area contributed by atoms with Crippen LogP contribution in [0.4, 0.5) is 8.78 Å². The van der Waals surface area contributed by atoms with Gasteiger partial charge in [0.25, 0.3) is 0 Å². The molecule has 4 nitrogen and oxygen atoms in total. The summed E-state index contributed by atoms with van der Waals surface area (Å²) >= 11 is 0. The van der Waals surface area contributed by atoms with Crippen LogP contribution in [0.15, 0.2) is 24.3 Å². The lowest BCUT2D eigenvalue weighted by atomic mass is 9.98. The Hall–Kier alpha value is -1.69. The number of halogens is 2. The van der Waals surface area contributed by atoms with Gasteiger partial charge >= 0.3 is 6.61 Å². The Labute approximate surface area is 141 Å². The molecule has 0 saturated heterocycles. The van der Waals surface area contributed by atoms with E-state index in [9.17, 15) is 13.6 Å². The molecule has 0 spiro atoms. The average Bonchev–Trinajstić information content (AvgIpc) is 2.57. The van der Waals surface area contributed by atoms with E-state index in [1.54, 1.807) is 12.1 Å². The van der Waals surface area contributed by atoms with Gasteiger partial charge in [0.2, 0.25) is 5.91 Å². The van der Waals surface area contributed by atoms with Crippen molar-refractivity contribution in [2.24, 2.45) is 0 Å². The minimum Gasteiger partial charge on any atom is -0.435 e. The summed E-state index contributed by atoms with van der Waals surface area (Å²) in [7, 11) is 0. The van der Waals surface area contributed by atoms with Crippen molar-refractivity contribution in [3.05, 3.63) is 29.8 Å². The van der Waals surface area contributed by atoms with Gasteiger partial charge in [0.05, 0.1) is 12.5 Å². The van der Waals surface area contributed by atoms with Crippen molar-refractivity contribution >= 4 is 5.91 Å². The first kappa shape index (κ1) is 18.6. The fourth-order valence-electron chi connectivity index (χ4n) is 2.82. The first-order valence-corrected chi connectivity index (χ1v) is 8.55. The van der Waals surface area contributed by atoms with Crippen molar-refractivity contribution in [3.8, 4) is 5.75 Å². The number of carbonyl (C=O) groups excluding carboxylic acids is 1. The number of alkyl halides is 2. The summed E-state index contributed by atoms with van der Waals surface area (Å²) < 4.78 is 34.2. The number of amides is 1. The predicted octanol–water partition coefficient (Wildman–Crippen LogP) is 3.69. The second-order valence-electron chi connectivity index (χ2n) is 6.03. The SMILES string of the molecule is O=C(Cc1ccc(OC(F)F)cc1)NCCCOC1CCCCC1. The molecule has 1 N–H and O–H groups in total. The number of nitrogens with one attached hydrogen (secondary N) is 1. The highest BCUT2D eigenvalue weighted by Crippen LogP contribution is 2.20. The molecule has 2 rings (SSSR count). The molecule has 134 valence electrons. The van der Waals surface area contributed by atoms with Gasteiger partial charge in [0.15, 0.2) is 0 Å². The first-order chi connectivity index (χ1) is 11.6. The molecule has 0 aromatic heterocycles. The van der Waals surface area contributed by atoms with E-state index in [1.807, 2.05) is 0 Å². The summed E-state index contributed by atoms with van der Waals surface area (Å²) in [5.74, 6) is 0.00390. The maximum absolute atomic E-state index is 12.1. The minimum atomic E-state index is -2.84. The zero-order chi connectivity index (χ0) is 17.2. The van der Waals surface area contributed by atoms with Crippen LogP contribution in [0, 0.1) is 0 Å². The third-order valence-corrected chi connectivity index (χ3v) is 4.06. The first-order valence-electron chi connectivity index (χ1n) is 8.55. The third kappa shape index (κ3) is 7.25. The summed E-state index contributed by atoms with van der Waals surface area (Å²) in [6.07, 6.45) is 7.52. The fourth-order valence-corrected chi connectivity index (χ4v) is 2.82. The summed E-state index contributed by atoms with van der Waals surface area (Å²) in [5.41, 5.74) is 0.757. The number of rotatable bonds is 9. The fraction of sp³-hybridized carbons (Fsp3) is 0.611. The van der Waals surface area contributed by atoms with E-state index in [4.69, 9.17) is 4.74 Å². The molecule has 24 heavy (non-hydrogen) atoms. The van der Waals surface area contributed by atoms with E-state index in [1.165, 1.54) is 31.4 Å². The quantitative estimate of drug-likeness (QED) is 0.697. The molecule has 0 radical (unpaired) electrons. The maximum Gasteiger partial charge on any atom is 0.387 e. The summed E-state index contributed by atoms with van der Waals surface area (Å²) in [5, 5.41) is 2.85. The molecule has 0 atom stereocenters. The van der Waals surface area contributed by atoms with Crippen LogP contribution in [0.1, 0.15) is 44.1 Å². The number of carbonyl (C=O) groups is 1. The number of hydrogen-bond donors (Lipinski definition) is 1. The van der Waals surface area contributed by atoms with Crippen molar-refractivity contribution in [3.63, 3.8) is 0 Å². The van der Waals surface area contributed by atoms with E-state index < -0.39 is 6.61 Å². The molecule has 1 aliphatic carbocycles. The molecule has 0 bridgehead atoms. The zero-order valence-electron chi connectivity index (χ0n) is 13.8. The molecule has 0 aliphatic heterocycles. The van der Waals surface area contributed by atoms with Crippen molar-refractivity contribution in [2.75, 3.05) is 13.2 Å². The van der Waals surface area contributed by atoms with E-state index in [2.05, 4.69) is 10.1 Å². The molecule has 6 heteroatoms. The Bertz CT molecular complexity index is 488. The Morgan fingerprint density at radius 3 is 2.54 bits per heavy atom. The lowest BCUT2D eigenvalue weighted by Crippen LogP contribution is -2.27. The Morgan fingerprint density at radius 1 is 1.17 bits per heavy atom. The van der Waals surface area contributed by atoms with Gasteiger partial charge in [-0.3, -0.25) is 4.79 Å². The van der Waals surface area contributed by atoms with Crippen molar-refractivity contribution in [1.29, 1.82) is 0 Å². The molecule has 0 heterocycles. The molecule has 1 aromatic carbocycles. The van der Waals surface area contributed by atoms with Crippen molar-refractivity contribution in [1.82, 2.24) is 5.32 Å². The van der Waals surface area contributed by atoms with Gasteiger partial charge in [-0.25, -0.2) is 0 Å². The number of benzene rings is 1. The molecule has 0 unspecified atom stereocenters. The van der Waals surface area contributed by atoms with E-state index in [0.717, 1.165) is 24.8 Å². The molecular weight excluding hydrogens is 316 g/mol. The Kier molecular flexibility index (Phi) is 7.95. The Morgan fingerprint density at radius 2 is 1.88 bits per heavy atom. The van der Waals surface area contributed by atoms with E-state index in [-0.39, 0.29) is 18.1 Å². The lowest BCUT2D eigenvalue weighted by Gasteiger charge is -2.21. The van der Waals surface area contributed by atoms with Crippen molar-refractivity contribution < 1.29 is 23.0 Å². The number of ether oxygens (including phenoxy) is 2. The standard InChI is InChI=1S/C18H25F2NO3/c19-18(20)24-16-9-7-14(8-10-16)13-17(22)21-11-4-12-23-15-5-2-1-3-6-15/h7-10,15,18H,1-6,11-13H2,(H,21,22). The third-order valence-electron chi connectivity index (χ3n) is 4.06. The normalized spacial score (nSPS) is 15.5. The zero-order valence-corrected chi connectivity index (χ0v) is 13.8. The van der Waals surface area contributed by atoms with Crippen molar-refractivity contribution in [2.45, 2.75) is 57.7 Å². The van der Waals surface area contributed by atoms with Gasteiger partial charge in [0, 0.05) is 13.2 Å². The maximum atomic E-state index is 12.1. The molecule has 1 amide bonds. The Balaban J connectivity index is 1.57. The van der Waals surface area contributed by atoms with Crippen LogP contribution in [-0.4, -0.2) is 31.8 Å². The van der Waals surface area contributed by atoms with Gasteiger partial charge in [-0.15, -0.1) is 0 Å². The van der Waals surface area contributed by atoms with Crippen LogP contribution in [-0.2, 0) is 16.0 Å². The highest BCUT2D eigenvalue weighted by atomic mass is 19.3. The van der Waals surface area contributed by atoms with Crippen LogP contribution < -0.4 is 10.1 Å². The topological polar surface area (TPSA) is 47.6 Å². The minimum absolute atomic E-state index is 0.0878. The molecule has 1 saturated carbocycles. The van der Waals surface area contributed by atoms with Crippen LogP contribution in [0.2, 0.25) is 0 Å². The van der Waals surface area contributed by atoms with Gasteiger partial charge in [-0.2, -0.15) is 8.78 Å². The molecule has 1 aromatic rings. The second kappa shape index (κ2) is 10.2. The van der Waals surface area contributed by atoms with Crippen LogP contribution in [0.25, 0.3) is 0 Å². The molecule has 1 fully saturated rings. The molecular formula is C18H25F2NO3. The van der Waals surface area contributed by atoms with Gasteiger partial charge < -0.3 is 14.8 Å². The van der Waals surface area contributed by atoms with Gasteiger partial charge in [-0.1, -0.05) is 31.4 Å². The highest BCUT2D eigenvalue weighted by Gasteiger charge is 2.13. The molecule has 1 aliphatic rings. The van der Waals surface area contributed by atoms with Crippen LogP contribution in [0.3, 0.4) is 0 Å². The largest absolute Gasteiger partial charge is 0.435 e. The lowest BCUT2D eigenvalue weighted by molar-refractivity contribution is -0.120. The second-order valence-corrected chi connectivity index (χ2v) is 6.03. The summed E-state index contributed by atoms with van der Waals surface area (Å²) in [6.45, 7) is -1.59. The highest BCUT2D eigenvalue weighted by molar-refractivity contribution is 5.78. The average molecular weight is 341 g/mol. The summed E-state index contributed by atoms with van der Waals surface area (Å²) in [4.78, 5) is 11.8. The van der Waals surface area contributed by atoms with E-state index in [0.29, 0.717) is 19.3 Å². The van der Waals surface area contributed by atoms with Crippen LogP contribution >= 0.6 is 0 Å². The van der Waals surface area contributed by atoms with Crippen LogP contribution in [0.5, 0.6) is 5.75 Å². The predicted molar refractivity (Wildman–Crippen MR) is 87.2 cm³/mol.